The molecule has 1 heterocycles. The maximum Gasteiger partial charge on any atom is 0.151 e. The normalized spacial score (nSPS) is 31.0. The first-order valence-corrected chi connectivity index (χ1v) is 7.89. The van der Waals surface area contributed by atoms with Crippen LogP contribution in [0.5, 0.6) is 0 Å². The molecule has 94 valence electrons. The van der Waals surface area contributed by atoms with Crippen molar-refractivity contribution in [3.63, 3.8) is 0 Å². The van der Waals surface area contributed by atoms with Gasteiger partial charge in [0.15, 0.2) is 9.84 Å². The van der Waals surface area contributed by atoms with Gasteiger partial charge in [-0.2, -0.15) is 0 Å². The monoisotopic (exact) mass is 245 g/mol. The van der Waals surface area contributed by atoms with Crippen LogP contribution in [-0.4, -0.2) is 25.5 Å². The molecule has 1 saturated heterocycles. The van der Waals surface area contributed by atoms with Crippen LogP contribution in [0.4, 0.5) is 0 Å². The Morgan fingerprint density at radius 3 is 1.75 bits per heavy atom. The Balaban J connectivity index is 2.04. The second-order valence-electron chi connectivity index (χ2n) is 6.94. The zero-order valence-electron chi connectivity index (χ0n) is 10.5. The molecule has 2 N–H and O–H groups in total. The molecule has 0 radical (unpaired) electrons. The minimum Gasteiger partial charge on any atom is -0.325 e. The van der Waals surface area contributed by atoms with Crippen molar-refractivity contribution in [2.45, 2.75) is 52.0 Å². The summed E-state index contributed by atoms with van der Waals surface area (Å²) in [6, 6.07) is 0. The van der Waals surface area contributed by atoms with Crippen molar-refractivity contribution in [2.24, 2.45) is 16.6 Å². The molecule has 0 aromatic carbocycles. The van der Waals surface area contributed by atoms with Crippen LogP contribution in [0.25, 0.3) is 0 Å². The van der Waals surface area contributed by atoms with Crippen LogP contribution < -0.4 is 5.73 Å². The van der Waals surface area contributed by atoms with Gasteiger partial charge in [-0.1, -0.05) is 20.8 Å². The van der Waals surface area contributed by atoms with Gasteiger partial charge in [0.05, 0.1) is 11.5 Å². The fraction of sp³-hybridized carbons (Fsp3) is 1.00. The minimum absolute atomic E-state index is 0.0902. The van der Waals surface area contributed by atoms with Crippen molar-refractivity contribution in [3.05, 3.63) is 0 Å². The molecule has 0 aromatic rings. The van der Waals surface area contributed by atoms with Gasteiger partial charge in [-0.05, 0) is 36.5 Å². The lowest BCUT2D eigenvalue weighted by Gasteiger charge is -2.53. The largest absolute Gasteiger partial charge is 0.325 e. The third-order valence-corrected chi connectivity index (χ3v) is 6.85. The van der Waals surface area contributed by atoms with E-state index in [0.717, 1.165) is 25.7 Å². The van der Waals surface area contributed by atoms with Crippen LogP contribution in [0.1, 0.15) is 46.5 Å². The van der Waals surface area contributed by atoms with E-state index in [1.54, 1.807) is 0 Å². The lowest BCUT2D eigenvalue weighted by molar-refractivity contribution is 0.0742. The van der Waals surface area contributed by atoms with Gasteiger partial charge in [-0.25, -0.2) is 8.42 Å². The van der Waals surface area contributed by atoms with Gasteiger partial charge in [-0.3, -0.25) is 0 Å². The highest BCUT2D eigenvalue weighted by atomic mass is 32.2. The molecule has 0 bridgehead atoms. The zero-order chi connectivity index (χ0) is 12.2. The van der Waals surface area contributed by atoms with Crippen LogP contribution >= 0.6 is 0 Å². The average Bonchev–Trinajstić information content (AvgIpc) is 2.05. The summed E-state index contributed by atoms with van der Waals surface area (Å²) in [5.41, 5.74) is 6.54. The summed E-state index contributed by atoms with van der Waals surface area (Å²) >= 11 is 0. The van der Waals surface area contributed by atoms with E-state index in [-0.39, 0.29) is 16.4 Å². The first kappa shape index (κ1) is 12.4. The Morgan fingerprint density at radius 1 is 1.00 bits per heavy atom. The summed E-state index contributed by atoms with van der Waals surface area (Å²) < 4.78 is 22.6. The quantitative estimate of drug-likeness (QED) is 0.707. The second-order valence-corrected chi connectivity index (χ2v) is 9.00. The van der Waals surface area contributed by atoms with Gasteiger partial charge in [-0.15, -0.1) is 0 Å². The molecule has 0 atom stereocenters. The maximum absolute atomic E-state index is 11.3. The molecule has 2 aliphatic rings. The third kappa shape index (κ3) is 1.90. The summed E-state index contributed by atoms with van der Waals surface area (Å²) in [5.74, 6) is 0.806. The number of nitrogens with two attached hydrogens (primary N) is 1. The van der Waals surface area contributed by atoms with Crippen molar-refractivity contribution in [1.29, 1.82) is 0 Å². The topological polar surface area (TPSA) is 60.2 Å². The van der Waals surface area contributed by atoms with Crippen molar-refractivity contribution in [1.82, 2.24) is 0 Å². The molecule has 0 amide bonds. The van der Waals surface area contributed by atoms with Crippen LogP contribution in [0.2, 0.25) is 0 Å². The van der Waals surface area contributed by atoms with E-state index in [1.807, 2.05) is 0 Å². The molecule has 4 heteroatoms. The first-order chi connectivity index (χ1) is 7.08. The van der Waals surface area contributed by atoms with E-state index < -0.39 is 9.84 Å². The molecule has 2 rings (SSSR count). The van der Waals surface area contributed by atoms with Gasteiger partial charge in [0.2, 0.25) is 0 Å². The van der Waals surface area contributed by atoms with Crippen LogP contribution in [0.15, 0.2) is 0 Å². The van der Waals surface area contributed by atoms with Crippen molar-refractivity contribution < 1.29 is 8.42 Å². The molecule has 16 heavy (non-hydrogen) atoms. The predicted octanol–water partition coefficient (Wildman–Crippen LogP) is 1.72. The second kappa shape index (κ2) is 3.22. The van der Waals surface area contributed by atoms with Crippen LogP contribution in [0.3, 0.4) is 0 Å². The van der Waals surface area contributed by atoms with Gasteiger partial charge < -0.3 is 5.73 Å². The van der Waals surface area contributed by atoms with E-state index in [0.29, 0.717) is 11.5 Å². The van der Waals surface area contributed by atoms with Gasteiger partial charge in [0.1, 0.15) is 0 Å². The molecule has 1 saturated carbocycles. The Hall–Kier alpha value is -0.0900. The summed E-state index contributed by atoms with van der Waals surface area (Å²) in [7, 11) is -2.70. The average molecular weight is 245 g/mol. The zero-order valence-corrected chi connectivity index (χ0v) is 11.4. The highest BCUT2D eigenvalue weighted by Crippen LogP contribution is 2.51. The molecular weight excluding hydrogens is 222 g/mol. The minimum atomic E-state index is -2.70. The molecule has 2 fully saturated rings. The van der Waals surface area contributed by atoms with Gasteiger partial charge in [0, 0.05) is 5.54 Å². The highest BCUT2D eigenvalue weighted by molar-refractivity contribution is 7.92. The lowest BCUT2D eigenvalue weighted by atomic mass is 9.60. The van der Waals surface area contributed by atoms with E-state index in [9.17, 15) is 8.42 Å². The standard InChI is InChI=1S/C12H23NO2S/c1-10(2,3)12(13)6-4-11(5-7-12)8-16(14,15)9-11/h4-9,13H2,1-3H3. The van der Waals surface area contributed by atoms with Gasteiger partial charge >= 0.3 is 0 Å². The molecule has 0 aromatic heterocycles. The van der Waals surface area contributed by atoms with Crippen LogP contribution in [0, 0.1) is 10.8 Å². The fourth-order valence-electron chi connectivity index (χ4n) is 3.16. The van der Waals surface area contributed by atoms with Crippen molar-refractivity contribution >= 4 is 9.84 Å². The maximum atomic E-state index is 11.3. The molecule has 1 aliphatic heterocycles. The van der Waals surface area contributed by atoms with Crippen molar-refractivity contribution in [2.75, 3.05) is 11.5 Å². The third-order valence-electron chi connectivity index (χ3n) is 4.75. The Bertz CT molecular complexity index is 370. The molecular formula is C12H23NO2S. The molecule has 1 aliphatic carbocycles. The molecule has 3 nitrogen and oxygen atoms in total. The Labute approximate surface area is 98.7 Å². The number of hydrogen-bond acceptors (Lipinski definition) is 3. The van der Waals surface area contributed by atoms with Crippen LogP contribution in [-0.2, 0) is 9.84 Å². The highest BCUT2D eigenvalue weighted by Gasteiger charge is 2.53. The summed E-state index contributed by atoms with van der Waals surface area (Å²) in [6.45, 7) is 6.55. The Morgan fingerprint density at radius 2 is 1.44 bits per heavy atom. The molecule has 0 unspecified atom stereocenters. The number of rotatable bonds is 0. The predicted molar refractivity (Wildman–Crippen MR) is 65.9 cm³/mol. The number of hydrogen-bond donors (Lipinski definition) is 1. The van der Waals surface area contributed by atoms with Crippen molar-refractivity contribution in [3.8, 4) is 0 Å². The SMILES string of the molecule is CC(C)(C)C1(N)CCC2(CC1)CS(=O)(=O)C2. The molecule has 1 spiro atoms. The lowest BCUT2D eigenvalue weighted by Crippen LogP contribution is -2.59. The van der Waals surface area contributed by atoms with E-state index in [1.165, 1.54) is 0 Å². The summed E-state index contributed by atoms with van der Waals surface area (Å²) in [4.78, 5) is 0. The fourth-order valence-corrected chi connectivity index (χ4v) is 5.51. The first-order valence-electron chi connectivity index (χ1n) is 6.07. The Kier molecular flexibility index (Phi) is 2.49. The number of sulfone groups is 1. The summed E-state index contributed by atoms with van der Waals surface area (Å²) in [5, 5.41) is 0. The van der Waals surface area contributed by atoms with E-state index in [2.05, 4.69) is 20.8 Å². The van der Waals surface area contributed by atoms with E-state index in [4.69, 9.17) is 5.73 Å². The smallest absolute Gasteiger partial charge is 0.151 e. The van der Waals surface area contributed by atoms with E-state index >= 15 is 0 Å². The summed E-state index contributed by atoms with van der Waals surface area (Å²) in [6.07, 6.45) is 3.90. The van der Waals surface area contributed by atoms with Gasteiger partial charge in [0.25, 0.3) is 0 Å².